The Balaban J connectivity index is 1.77. The molecule has 0 aliphatic carbocycles. The number of carbonyl (C=O) groups excluding carboxylic acids is 1. The van der Waals surface area contributed by atoms with Gasteiger partial charge in [0.05, 0.1) is 23.3 Å². The van der Waals surface area contributed by atoms with Gasteiger partial charge in [0, 0.05) is 5.02 Å². The number of imidazole rings is 1. The van der Waals surface area contributed by atoms with Crippen molar-refractivity contribution in [3.8, 4) is 11.3 Å². The number of anilines is 1. The summed E-state index contributed by atoms with van der Waals surface area (Å²) in [6.45, 7) is -1.25. The molecule has 0 bridgehead atoms. The highest BCUT2D eigenvalue weighted by atomic mass is 35.5. The lowest BCUT2D eigenvalue weighted by Crippen LogP contribution is -2.20. The third-order valence-electron chi connectivity index (χ3n) is 3.76. The first-order valence-electron chi connectivity index (χ1n) is 8.28. The molecule has 3 aromatic rings. The molecule has 2 aromatic carbocycles. The molecule has 1 aromatic heterocycles. The number of nitrogens with zero attached hydrogens (tertiary/aromatic N) is 2. The predicted molar refractivity (Wildman–Crippen MR) is 104 cm³/mol. The van der Waals surface area contributed by atoms with Crippen LogP contribution in [0.1, 0.15) is 0 Å². The van der Waals surface area contributed by atoms with Crippen molar-refractivity contribution < 1.29 is 22.4 Å². The van der Waals surface area contributed by atoms with Gasteiger partial charge in [-0.15, -0.1) is 0 Å². The fraction of sp³-hybridized carbons (Fsp3) is 0.158. The summed E-state index contributed by atoms with van der Waals surface area (Å²) >= 11 is 6.60. The Labute approximate surface area is 172 Å². The van der Waals surface area contributed by atoms with E-state index in [1.165, 1.54) is 18.3 Å². The van der Waals surface area contributed by atoms with Crippen molar-refractivity contribution >= 4 is 35.0 Å². The van der Waals surface area contributed by atoms with Crippen LogP contribution in [0.4, 0.5) is 23.2 Å². The highest BCUT2D eigenvalue weighted by Gasteiger charge is 2.31. The zero-order valence-electron chi connectivity index (χ0n) is 14.7. The molecule has 0 fully saturated rings. The lowest BCUT2D eigenvalue weighted by atomic mass is 10.2. The van der Waals surface area contributed by atoms with Crippen LogP contribution in [0.3, 0.4) is 0 Å². The standard InChI is InChI=1S/C19H14ClF4N3OS/c20-13-6-7-14(21)15(8-13)26-17(28)10-29-18-25-9-16(12-4-2-1-3-5-12)27(18)11-19(22,23)24/h1-9H,10-11H2,(H,26,28). The molecular formula is C19H14ClF4N3OS. The van der Waals surface area contributed by atoms with Crippen LogP contribution in [0.2, 0.25) is 5.02 Å². The van der Waals surface area contributed by atoms with Crippen LogP contribution < -0.4 is 5.32 Å². The van der Waals surface area contributed by atoms with E-state index < -0.39 is 24.4 Å². The largest absolute Gasteiger partial charge is 0.406 e. The maximum Gasteiger partial charge on any atom is 0.406 e. The first-order chi connectivity index (χ1) is 13.7. The summed E-state index contributed by atoms with van der Waals surface area (Å²) < 4.78 is 53.9. The maximum absolute atomic E-state index is 13.7. The van der Waals surface area contributed by atoms with Crippen molar-refractivity contribution in [2.75, 3.05) is 11.1 Å². The summed E-state index contributed by atoms with van der Waals surface area (Å²) in [6, 6.07) is 12.2. The summed E-state index contributed by atoms with van der Waals surface area (Å²) in [6.07, 6.45) is -3.14. The van der Waals surface area contributed by atoms with Crippen LogP contribution in [0, 0.1) is 5.82 Å². The van der Waals surface area contributed by atoms with Gasteiger partial charge in [-0.05, 0) is 23.8 Å². The van der Waals surface area contributed by atoms with Crippen molar-refractivity contribution in [3.05, 3.63) is 65.6 Å². The first-order valence-corrected chi connectivity index (χ1v) is 9.65. The summed E-state index contributed by atoms with van der Waals surface area (Å²) in [5, 5.41) is 2.62. The van der Waals surface area contributed by atoms with Crippen molar-refractivity contribution in [3.63, 3.8) is 0 Å². The van der Waals surface area contributed by atoms with Crippen LogP contribution in [0.5, 0.6) is 0 Å². The van der Waals surface area contributed by atoms with Crippen LogP contribution in [-0.4, -0.2) is 27.4 Å². The molecule has 0 atom stereocenters. The fourth-order valence-electron chi connectivity index (χ4n) is 2.56. The Morgan fingerprint density at radius 1 is 1.17 bits per heavy atom. The van der Waals surface area contributed by atoms with E-state index >= 15 is 0 Å². The normalized spacial score (nSPS) is 11.5. The number of aromatic nitrogens is 2. The number of hydrogen-bond donors (Lipinski definition) is 1. The van der Waals surface area contributed by atoms with Gasteiger partial charge < -0.3 is 9.88 Å². The van der Waals surface area contributed by atoms with Crippen LogP contribution in [0.15, 0.2) is 59.9 Å². The van der Waals surface area contributed by atoms with E-state index in [2.05, 4.69) is 10.3 Å². The minimum Gasteiger partial charge on any atom is -0.323 e. The molecule has 10 heteroatoms. The highest BCUT2D eigenvalue weighted by molar-refractivity contribution is 7.99. The van der Waals surface area contributed by atoms with Crippen molar-refractivity contribution in [1.82, 2.24) is 9.55 Å². The third kappa shape index (κ3) is 5.74. The number of hydrogen-bond acceptors (Lipinski definition) is 3. The quantitative estimate of drug-likeness (QED) is 0.396. The van der Waals surface area contributed by atoms with E-state index in [9.17, 15) is 22.4 Å². The molecule has 0 saturated heterocycles. The first kappa shape index (κ1) is 21.2. The molecule has 152 valence electrons. The number of alkyl halides is 3. The van der Waals surface area contributed by atoms with Gasteiger partial charge >= 0.3 is 6.18 Å². The average molecular weight is 444 g/mol. The molecular weight excluding hydrogens is 430 g/mol. The molecule has 4 nitrogen and oxygen atoms in total. The highest BCUT2D eigenvalue weighted by Crippen LogP contribution is 2.30. The number of nitrogens with one attached hydrogen (secondary N) is 1. The van der Waals surface area contributed by atoms with E-state index in [1.807, 2.05) is 0 Å². The average Bonchev–Trinajstić information content (AvgIpc) is 3.04. The smallest absolute Gasteiger partial charge is 0.323 e. The van der Waals surface area contributed by atoms with Gasteiger partial charge in [0.15, 0.2) is 5.16 Å². The Kier molecular flexibility index (Phi) is 6.49. The third-order valence-corrected chi connectivity index (χ3v) is 4.99. The molecule has 0 aliphatic rings. The number of rotatable bonds is 6. The number of amides is 1. The molecule has 0 spiro atoms. The zero-order chi connectivity index (χ0) is 21.0. The second-order valence-corrected chi connectivity index (χ2v) is 7.33. The van der Waals surface area contributed by atoms with E-state index in [0.717, 1.165) is 22.4 Å². The van der Waals surface area contributed by atoms with Gasteiger partial charge in [-0.25, -0.2) is 9.37 Å². The van der Waals surface area contributed by atoms with Crippen LogP contribution in [0.25, 0.3) is 11.3 Å². The second kappa shape index (κ2) is 8.87. The Morgan fingerprint density at radius 3 is 2.59 bits per heavy atom. The Bertz CT molecular complexity index is 1010. The summed E-state index contributed by atoms with van der Waals surface area (Å²) in [5.74, 6) is -1.52. The zero-order valence-corrected chi connectivity index (χ0v) is 16.3. The predicted octanol–water partition coefficient (Wildman–Crippen LogP) is 5.64. The molecule has 1 N–H and O–H groups in total. The molecule has 0 radical (unpaired) electrons. The minimum absolute atomic E-state index is 0.0305. The minimum atomic E-state index is -4.47. The van der Waals surface area contributed by atoms with E-state index in [1.54, 1.807) is 30.3 Å². The van der Waals surface area contributed by atoms with Gasteiger partial charge in [0.25, 0.3) is 0 Å². The van der Waals surface area contributed by atoms with Crippen LogP contribution in [-0.2, 0) is 11.3 Å². The molecule has 1 heterocycles. The lowest BCUT2D eigenvalue weighted by Gasteiger charge is -2.14. The number of carbonyl (C=O) groups is 1. The second-order valence-electron chi connectivity index (χ2n) is 5.95. The molecule has 0 aliphatic heterocycles. The van der Waals surface area contributed by atoms with E-state index in [0.29, 0.717) is 5.56 Å². The molecule has 0 unspecified atom stereocenters. The molecule has 0 saturated carbocycles. The van der Waals surface area contributed by atoms with Gasteiger partial charge in [-0.3, -0.25) is 4.79 Å². The van der Waals surface area contributed by atoms with E-state index in [4.69, 9.17) is 11.6 Å². The fourth-order valence-corrected chi connectivity index (χ4v) is 3.51. The van der Waals surface area contributed by atoms with Crippen molar-refractivity contribution in [2.45, 2.75) is 17.9 Å². The van der Waals surface area contributed by atoms with Gasteiger partial charge in [0.1, 0.15) is 12.4 Å². The van der Waals surface area contributed by atoms with Gasteiger partial charge in [0.2, 0.25) is 5.91 Å². The lowest BCUT2D eigenvalue weighted by molar-refractivity contribution is -0.141. The molecule has 1 amide bonds. The summed E-state index contributed by atoms with van der Waals surface area (Å²) in [5.41, 5.74) is 0.750. The Hall–Kier alpha value is -2.52. The number of halogens is 5. The number of benzene rings is 2. The van der Waals surface area contributed by atoms with Crippen molar-refractivity contribution in [2.24, 2.45) is 0 Å². The maximum atomic E-state index is 13.7. The Morgan fingerprint density at radius 2 is 1.90 bits per heavy atom. The summed E-state index contributed by atoms with van der Waals surface area (Å²) in [7, 11) is 0. The van der Waals surface area contributed by atoms with Gasteiger partial charge in [-0.1, -0.05) is 53.7 Å². The molecule has 29 heavy (non-hydrogen) atoms. The number of thioether (sulfide) groups is 1. The molecule has 3 rings (SSSR count). The topological polar surface area (TPSA) is 46.9 Å². The van der Waals surface area contributed by atoms with Gasteiger partial charge in [-0.2, -0.15) is 13.2 Å². The van der Waals surface area contributed by atoms with Crippen molar-refractivity contribution in [1.29, 1.82) is 0 Å². The monoisotopic (exact) mass is 443 g/mol. The SMILES string of the molecule is O=C(CSc1ncc(-c2ccccc2)n1CC(F)(F)F)Nc1cc(Cl)ccc1F. The summed E-state index contributed by atoms with van der Waals surface area (Å²) in [4.78, 5) is 16.2. The van der Waals surface area contributed by atoms with E-state index in [-0.39, 0.29) is 27.3 Å². The van der Waals surface area contributed by atoms with Crippen LogP contribution >= 0.6 is 23.4 Å².